The Kier molecular flexibility index (Phi) is 4.29. The minimum atomic E-state index is 0.935. The maximum absolute atomic E-state index is 3.44. The molecule has 0 aliphatic carbocycles. The van der Waals surface area contributed by atoms with Gasteiger partial charge in [0.2, 0.25) is 0 Å². The first kappa shape index (κ1) is 10.6. The molecule has 0 aliphatic rings. The fourth-order valence-electron chi connectivity index (χ4n) is 1.30. The molecule has 13 heavy (non-hydrogen) atoms. The highest BCUT2D eigenvalue weighted by atomic mass is 79.9. The Hall–Kier alpha value is -0.500. The van der Waals surface area contributed by atoms with E-state index in [1.165, 1.54) is 17.7 Å². The SMILES string of the molecule is CCCN(C)c1ccc(CBr)cc1. The summed E-state index contributed by atoms with van der Waals surface area (Å²) in [5.74, 6) is 0. The molecule has 2 heteroatoms. The Labute approximate surface area is 88.9 Å². The van der Waals surface area contributed by atoms with Gasteiger partial charge < -0.3 is 4.90 Å². The largest absolute Gasteiger partial charge is 0.375 e. The van der Waals surface area contributed by atoms with E-state index in [0.29, 0.717) is 0 Å². The van der Waals surface area contributed by atoms with Gasteiger partial charge in [-0.05, 0) is 24.1 Å². The van der Waals surface area contributed by atoms with Gasteiger partial charge in [-0.3, -0.25) is 0 Å². The van der Waals surface area contributed by atoms with Crippen LogP contribution in [0.2, 0.25) is 0 Å². The van der Waals surface area contributed by atoms with Crippen LogP contribution in [-0.4, -0.2) is 13.6 Å². The first-order chi connectivity index (χ1) is 6.27. The Morgan fingerprint density at radius 1 is 1.23 bits per heavy atom. The van der Waals surface area contributed by atoms with Crippen molar-refractivity contribution in [2.75, 3.05) is 18.5 Å². The molecular formula is C11H16BrN. The zero-order chi connectivity index (χ0) is 9.68. The maximum atomic E-state index is 3.44. The van der Waals surface area contributed by atoms with E-state index >= 15 is 0 Å². The van der Waals surface area contributed by atoms with E-state index < -0.39 is 0 Å². The van der Waals surface area contributed by atoms with Gasteiger partial charge in [0.15, 0.2) is 0 Å². The van der Waals surface area contributed by atoms with E-state index in [2.05, 4.69) is 59.1 Å². The van der Waals surface area contributed by atoms with Crippen molar-refractivity contribution in [1.29, 1.82) is 0 Å². The summed E-state index contributed by atoms with van der Waals surface area (Å²) in [7, 11) is 2.13. The summed E-state index contributed by atoms with van der Waals surface area (Å²) in [5.41, 5.74) is 2.63. The Bertz CT molecular complexity index is 243. The molecule has 0 heterocycles. The molecule has 72 valence electrons. The lowest BCUT2D eigenvalue weighted by Gasteiger charge is -2.18. The molecule has 0 fully saturated rings. The molecule has 0 spiro atoms. The van der Waals surface area contributed by atoms with Crippen molar-refractivity contribution in [3.05, 3.63) is 29.8 Å². The molecular weight excluding hydrogens is 226 g/mol. The van der Waals surface area contributed by atoms with E-state index in [1.807, 2.05) is 0 Å². The van der Waals surface area contributed by atoms with Crippen molar-refractivity contribution < 1.29 is 0 Å². The van der Waals surface area contributed by atoms with Gasteiger partial charge in [-0.15, -0.1) is 0 Å². The van der Waals surface area contributed by atoms with Gasteiger partial charge in [-0.2, -0.15) is 0 Å². The summed E-state index contributed by atoms with van der Waals surface area (Å²) in [4.78, 5) is 2.28. The molecule has 1 rings (SSSR count). The molecule has 0 bridgehead atoms. The predicted molar refractivity (Wildman–Crippen MR) is 62.6 cm³/mol. The maximum Gasteiger partial charge on any atom is 0.0363 e. The van der Waals surface area contributed by atoms with Crippen molar-refractivity contribution in [1.82, 2.24) is 0 Å². The number of hydrogen-bond acceptors (Lipinski definition) is 1. The molecule has 0 aromatic heterocycles. The van der Waals surface area contributed by atoms with Crippen LogP contribution in [0.5, 0.6) is 0 Å². The molecule has 0 saturated heterocycles. The highest BCUT2D eigenvalue weighted by molar-refractivity contribution is 9.08. The second-order valence-electron chi connectivity index (χ2n) is 3.22. The average Bonchev–Trinajstić information content (AvgIpc) is 2.18. The van der Waals surface area contributed by atoms with Crippen LogP contribution in [0.1, 0.15) is 18.9 Å². The van der Waals surface area contributed by atoms with Crippen molar-refractivity contribution in [2.24, 2.45) is 0 Å². The van der Waals surface area contributed by atoms with Crippen molar-refractivity contribution in [3.63, 3.8) is 0 Å². The van der Waals surface area contributed by atoms with Crippen LogP contribution in [0, 0.1) is 0 Å². The van der Waals surface area contributed by atoms with Gasteiger partial charge in [0, 0.05) is 24.6 Å². The molecule has 0 unspecified atom stereocenters. The monoisotopic (exact) mass is 241 g/mol. The Morgan fingerprint density at radius 3 is 2.31 bits per heavy atom. The van der Waals surface area contributed by atoms with Crippen molar-refractivity contribution in [2.45, 2.75) is 18.7 Å². The number of alkyl halides is 1. The van der Waals surface area contributed by atoms with E-state index in [1.54, 1.807) is 0 Å². The average molecular weight is 242 g/mol. The summed E-state index contributed by atoms with van der Waals surface area (Å²) in [5, 5.41) is 0.935. The van der Waals surface area contributed by atoms with Gasteiger partial charge >= 0.3 is 0 Å². The third-order valence-electron chi connectivity index (χ3n) is 2.09. The molecule has 1 nitrogen and oxygen atoms in total. The molecule has 0 amide bonds. The Morgan fingerprint density at radius 2 is 1.85 bits per heavy atom. The molecule has 0 radical (unpaired) electrons. The van der Waals surface area contributed by atoms with Crippen LogP contribution in [-0.2, 0) is 5.33 Å². The van der Waals surface area contributed by atoms with Gasteiger partial charge in [-0.25, -0.2) is 0 Å². The zero-order valence-corrected chi connectivity index (χ0v) is 9.84. The fraction of sp³-hybridized carbons (Fsp3) is 0.455. The highest BCUT2D eigenvalue weighted by Gasteiger charge is 1.98. The first-order valence-corrected chi connectivity index (χ1v) is 5.76. The Balaban J connectivity index is 2.67. The van der Waals surface area contributed by atoms with E-state index in [9.17, 15) is 0 Å². The zero-order valence-electron chi connectivity index (χ0n) is 8.26. The quantitative estimate of drug-likeness (QED) is 0.731. The lowest BCUT2D eigenvalue weighted by atomic mass is 10.2. The van der Waals surface area contributed by atoms with Crippen molar-refractivity contribution >= 4 is 21.6 Å². The van der Waals surface area contributed by atoms with Gasteiger partial charge in [0.05, 0.1) is 0 Å². The van der Waals surface area contributed by atoms with Crippen molar-refractivity contribution in [3.8, 4) is 0 Å². The van der Waals surface area contributed by atoms with E-state index in [-0.39, 0.29) is 0 Å². The predicted octanol–water partition coefficient (Wildman–Crippen LogP) is 3.43. The van der Waals surface area contributed by atoms with E-state index in [4.69, 9.17) is 0 Å². The number of hydrogen-bond donors (Lipinski definition) is 0. The topological polar surface area (TPSA) is 3.24 Å². The highest BCUT2D eigenvalue weighted by Crippen LogP contribution is 2.15. The summed E-state index contributed by atoms with van der Waals surface area (Å²) < 4.78 is 0. The summed E-state index contributed by atoms with van der Waals surface area (Å²) in [6.45, 7) is 3.32. The lowest BCUT2D eigenvalue weighted by Crippen LogP contribution is -2.17. The molecule has 0 atom stereocenters. The first-order valence-electron chi connectivity index (χ1n) is 4.64. The number of anilines is 1. The normalized spacial score (nSPS) is 10.1. The minimum absolute atomic E-state index is 0.935. The van der Waals surface area contributed by atoms with Crippen LogP contribution in [0.25, 0.3) is 0 Å². The van der Waals surface area contributed by atoms with Crippen LogP contribution >= 0.6 is 15.9 Å². The van der Waals surface area contributed by atoms with Crippen LogP contribution in [0.3, 0.4) is 0 Å². The van der Waals surface area contributed by atoms with Gasteiger partial charge in [0.25, 0.3) is 0 Å². The lowest BCUT2D eigenvalue weighted by molar-refractivity contribution is 0.852. The third kappa shape index (κ3) is 3.03. The molecule has 0 saturated carbocycles. The summed E-state index contributed by atoms with van der Waals surface area (Å²) in [6, 6.07) is 8.67. The summed E-state index contributed by atoms with van der Waals surface area (Å²) >= 11 is 3.44. The third-order valence-corrected chi connectivity index (χ3v) is 2.74. The number of halogens is 1. The van der Waals surface area contributed by atoms with Crippen LogP contribution in [0.4, 0.5) is 5.69 Å². The molecule has 0 aliphatic heterocycles. The number of rotatable bonds is 4. The molecule has 0 N–H and O–H groups in total. The fourth-order valence-corrected chi connectivity index (χ4v) is 1.68. The molecule has 1 aromatic carbocycles. The second-order valence-corrected chi connectivity index (χ2v) is 3.78. The number of nitrogens with zero attached hydrogens (tertiary/aromatic N) is 1. The van der Waals surface area contributed by atoms with E-state index in [0.717, 1.165) is 11.9 Å². The minimum Gasteiger partial charge on any atom is -0.375 e. The smallest absolute Gasteiger partial charge is 0.0363 e. The summed E-state index contributed by atoms with van der Waals surface area (Å²) in [6.07, 6.45) is 1.19. The van der Waals surface area contributed by atoms with Crippen LogP contribution in [0.15, 0.2) is 24.3 Å². The second kappa shape index (κ2) is 5.28. The van der Waals surface area contributed by atoms with Gasteiger partial charge in [0.1, 0.15) is 0 Å². The number of benzene rings is 1. The van der Waals surface area contributed by atoms with Gasteiger partial charge in [-0.1, -0.05) is 35.0 Å². The standard InChI is InChI=1S/C11H16BrN/c1-3-8-13(2)11-6-4-10(9-12)5-7-11/h4-7H,3,8-9H2,1-2H3. The van der Waals surface area contributed by atoms with Crippen LogP contribution < -0.4 is 4.90 Å². The molecule has 1 aromatic rings.